The number of nitrogens with zero attached hydrogens (tertiary/aromatic N) is 4. The predicted octanol–water partition coefficient (Wildman–Crippen LogP) is 4.24. The molecule has 0 fully saturated rings. The molecule has 0 unspecified atom stereocenters. The Hall–Kier alpha value is -0.300. The number of hydrogen-bond acceptors (Lipinski definition) is 4. The zero-order valence-corrected chi connectivity index (χ0v) is 13.8. The molecule has 4 nitrogen and oxygen atoms in total. The van der Waals surface area contributed by atoms with E-state index >= 15 is 0 Å². The molecule has 0 saturated carbocycles. The van der Waals surface area contributed by atoms with Gasteiger partial charge >= 0.3 is 0 Å². The van der Waals surface area contributed by atoms with Crippen molar-refractivity contribution in [1.29, 1.82) is 0 Å². The topological polar surface area (TPSA) is 43.6 Å². The van der Waals surface area contributed by atoms with Crippen LogP contribution in [0.5, 0.6) is 0 Å². The summed E-state index contributed by atoms with van der Waals surface area (Å²) in [7, 11) is 0. The minimum atomic E-state index is 0.491. The van der Waals surface area contributed by atoms with Gasteiger partial charge in [0, 0.05) is 11.1 Å². The zero-order chi connectivity index (χ0) is 13.7. The maximum atomic E-state index is 6.00. The molecule has 0 spiro atoms. The number of alkyl halides is 1. The van der Waals surface area contributed by atoms with Gasteiger partial charge in [0.05, 0.1) is 15.7 Å². The van der Waals surface area contributed by atoms with Crippen molar-refractivity contribution in [3.05, 3.63) is 28.2 Å². The Bertz CT molecular complexity index is 549. The maximum Gasteiger partial charge on any atom is 0.214 e. The van der Waals surface area contributed by atoms with Crippen molar-refractivity contribution in [2.75, 3.05) is 11.1 Å². The number of unbranched alkanes of at least 4 members (excludes halogenated alkanes) is 1. The summed E-state index contributed by atoms with van der Waals surface area (Å²) in [5, 5.41) is 14.5. The lowest BCUT2D eigenvalue weighted by atomic mass is 10.3. The molecule has 2 aromatic rings. The van der Waals surface area contributed by atoms with Crippen LogP contribution in [0.2, 0.25) is 10.0 Å². The molecular formula is C11H11BrCl2N4S. The first-order valence-electron chi connectivity index (χ1n) is 5.65. The van der Waals surface area contributed by atoms with Crippen molar-refractivity contribution in [1.82, 2.24) is 20.2 Å². The molecule has 1 aromatic carbocycles. The van der Waals surface area contributed by atoms with Gasteiger partial charge in [-0.3, -0.25) is 0 Å². The van der Waals surface area contributed by atoms with E-state index in [4.69, 9.17) is 23.2 Å². The Morgan fingerprint density at radius 1 is 1.21 bits per heavy atom. The van der Waals surface area contributed by atoms with Crippen molar-refractivity contribution >= 4 is 50.9 Å². The Morgan fingerprint density at radius 2 is 2.05 bits per heavy atom. The van der Waals surface area contributed by atoms with Crippen LogP contribution in [0.3, 0.4) is 0 Å². The summed E-state index contributed by atoms with van der Waals surface area (Å²) >= 11 is 16.9. The van der Waals surface area contributed by atoms with Gasteiger partial charge < -0.3 is 0 Å². The fraction of sp³-hybridized carbons (Fsp3) is 0.364. The lowest BCUT2D eigenvalue weighted by Crippen LogP contribution is -1.99. The third-order valence-corrected chi connectivity index (χ3v) is 4.65. The lowest BCUT2D eigenvalue weighted by Gasteiger charge is -2.05. The number of halogens is 3. The lowest BCUT2D eigenvalue weighted by molar-refractivity contribution is 0.755. The van der Waals surface area contributed by atoms with Crippen molar-refractivity contribution in [3.8, 4) is 5.69 Å². The first kappa shape index (κ1) is 15.1. The molecule has 2 rings (SSSR count). The van der Waals surface area contributed by atoms with Crippen LogP contribution >= 0.6 is 50.9 Å². The SMILES string of the molecule is Clc1ccc(-n2nnnc2SCCCCBr)cc1Cl. The smallest absolute Gasteiger partial charge is 0.187 e. The van der Waals surface area contributed by atoms with E-state index in [9.17, 15) is 0 Å². The minimum absolute atomic E-state index is 0.491. The van der Waals surface area contributed by atoms with E-state index in [0.29, 0.717) is 10.0 Å². The fourth-order valence-corrected chi connectivity index (χ4v) is 2.99. The quantitative estimate of drug-likeness (QED) is 0.426. The average molecular weight is 382 g/mol. The third kappa shape index (κ3) is 4.08. The molecule has 19 heavy (non-hydrogen) atoms. The number of benzene rings is 1. The van der Waals surface area contributed by atoms with E-state index in [0.717, 1.165) is 34.8 Å². The van der Waals surface area contributed by atoms with Gasteiger partial charge in [-0.05, 0) is 41.5 Å². The van der Waals surface area contributed by atoms with E-state index in [1.807, 2.05) is 6.07 Å². The highest BCUT2D eigenvalue weighted by Gasteiger charge is 2.10. The normalized spacial score (nSPS) is 10.9. The Labute approximate surface area is 134 Å². The molecule has 0 aliphatic carbocycles. The van der Waals surface area contributed by atoms with Gasteiger partial charge in [-0.15, -0.1) is 5.10 Å². The largest absolute Gasteiger partial charge is 0.214 e. The van der Waals surface area contributed by atoms with Crippen LogP contribution < -0.4 is 0 Å². The van der Waals surface area contributed by atoms with E-state index in [-0.39, 0.29) is 0 Å². The summed E-state index contributed by atoms with van der Waals surface area (Å²) in [5.41, 5.74) is 0.808. The molecule has 1 aromatic heterocycles. The first-order chi connectivity index (χ1) is 9.22. The second-order valence-corrected chi connectivity index (χ2v) is 6.39. The molecule has 0 radical (unpaired) electrons. The van der Waals surface area contributed by atoms with Gasteiger partial charge in [-0.25, -0.2) is 0 Å². The van der Waals surface area contributed by atoms with Crippen LogP contribution in [0.4, 0.5) is 0 Å². The molecule has 102 valence electrons. The van der Waals surface area contributed by atoms with Gasteiger partial charge in [-0.2, -0.15) is 4.68 Å². The average Bonchev–Trinajstić information content (AvgIpc) is 2.86. The van der Waals surface area contributed by atoms with Gasteiger partial charge in [-0.1, -0.05) is 50.9 Å². The molecule has 0 aliphatic heterocycles. The standard InChI is InChI=1S/C11H11BrCl2N4S/c12-5-1-2-6-19-11-15-16-17-18(11)8-3-4-9(13)10(14)7-8/h3-4,7H,1-2,5-6H2. The number of hydrogen-bond donors (Lipinski definition) is 0. The Kier molecular flexibility index (Phi) is 5.94. The Morgan fingerprint density at radius 3 is 2.79 bits per heavy atom. The second kappa shape index (κ2) is 7.47. The van der Waals surface area contributed by atoms with Gasteiger partial charge in [0.15, 0.2) is 0 Å². The Balaban J connectivity index is 2.12. The summed E-state index contributed by atoms with van der Waals surface area (Å²) in [4.78, 5) is 0. The molecule has 1 heterocycles. The van der Waals surface area contributed by atoms with E-state index in [2.05, 4.69) is 31.5 Å². The summed E-state index contributed by atoms with van der Waals surface area (Å²) in [5.74, 6) is 0.979. The van der Waals surface area contributed by atoms with Crippen molar-refractivity contribution in [2.24, 2.45) is 0 Å². The molecule has 0 amide bonds. The van der Waals surface area contributed by atoms with Crippen LogP contribution in [-0.4, -0.2) is 31.3 Å². The number of tetrazole rings is 1. The van der Waals surface area contributed by atoms with Crippen LogP contribution in [0.1, 0.15) is 12.8 Å². The molecule has 0 bridgehead atoms. The van der Waals surface area contributed by atoms with E-state index < -0.39 is 0 Å². The van der Waals surface area contributed by atoms with E-state index in [1.165, 1.54) is 0 Å². The number of rotatable bonds is 6. The highest BCUT2D eigenvalue weighted by molar-refractivity contribution is 9.09. The zero-order valence-electron chi connectivity index (χ0n) is 9.89. The summed E-state index contributed by atoms with van der Waals surface area (Å²) in [6.45, 7) is 0. The molecular weight excluding hydrogens is 371 g/mol. The van der Waals surface area contributed by atoms with Crippen LogP contribution in [0.25, 0.3) is 5.69 Å². The second-order valence-electron chi connectivity index (χ2n) is 3.72. The summed E-state index contributed by atoms with van der Waals surface area (Å²) in [6.07, 6.45) is 2.26. The highest BCUT2D eigenvalue weighted by atomic mass is 79.9. The summed E-state index contributed by atoms with van der Waals surface area (Å²) < 4.78 is 1.67. The highest BCUT2D eigenvalue weighted by Crippen LogP contribution is 2.26. The molecule has 0 aliphatic rings. The maximum absolute atomic E-state index is 6.00. The first-order valence-corrected chi connectivity index (χ1v) is 8.51. The number of thioether (sulfide) groups is 1. The fourth-order valence-electron chi connectivity index (χ4n) is 1.41. The molecule has 0 N–H and O–H groups in total. The van der Waals surface area contributed by atoms with E-state index in [1.54, 1.807) is 28.6 Å². The van der Waals surface area contributed by atoms with Gasteiger partial charge in [0.1, 0.15) is 0 Å². The van der Waals surface area contributed by atoms with Crippen molar-refractivity contribution in [3.63, 3.8) is 0 Å². The van der Waals surface area contributed by atoms with Crippen molar-refractivity contribution in [2.45, 2.75) is 18.0 Å². The number of aromatic nitrogens is 4. The summed E-state index contributed by atoms with van der Waals surface area (Å²) in [6, 6.07) is 5.33. The molecule has 8 heteroatoms. The molecule has 0 atom stereocenters. The minimum Gasteiger partial charge on any atom is -0.187 e. The molecule has 0 saturated heterocycles. The van der Waals surface area contributed by atoms with Crippen LogP contribution in [0.15, 0.2) is 23.4 Å². The predicted molar refractivity (Wildman–Crippen MR) is 82.9 cm³/mol. The van der Waals surface area contributed by atoms with Gasteiger partial charge in [0.25, 0.3) is 0 Å². The van der Waals surface area contributed by atoms with Crippen molar-refractivity contribution < 1.29 is 0 Å². The van der Waals surface area contributed by atoms with Crippen LogP contribution in [0, 0.1) is 0 Å². The third-order valence-electron chi connectivity index (χ3n) is 2.35. The van der Waals surface area contributed by atoms with Crippen LogP contribution in [-0.2, 0) is 0 Å². The van der Waals surface area contributed by atoms with Gasteiger partial charge in [0.2, 0.25) is 5.16 Å². The monoisotopic (exact) mass is 380 g/mol.